The predicted molar refractivity (Wildman–Crippen MR) is 112 cm³/mol. The van der Waals surface area contributed by atoms with Gasteiger partial charge >= 0.3 is 51.4 Å². The van der Waals surface area contributed by atoms with E-state index in [0.29, 0.717) is 12.2 Å². The second kappa shape index (κ2) is 11.8. The van der Waals surface area contributed by atoms with Crippen LogP contribution in [0.4, 0.5) is 11.4 Å². The van der Waals surface area contributed by atoms with Crippen LogP contribution in [0.15, 0.2) is 53.4 Å². The van der Waals surface area contributed by atoms with Crippen molar-refractivity contribution < 1.29 is 64.4 Å². The summed E-state index contributed by atoms with van der Waals surface area (Å²) in [6.07, 6.45) is 8.14. The fourth-order valence-corrected chi connectivity index (χ4v) is 4.50. The van der Waals surface area contributed by atoms with Crippen molar-refractivity contribution in [3.8, 4) is 0 Å². The zero-order valence-electron chi connectivity index (χ0n) is 17.4. The Hall–Kier alpha value is -0.414. The van der Waals surface area contributed by atoms with Crippen molar-refractivity contribution in [1.82, 2.24) is 0 Å². The molecule has 29 heavy (non-hydrogen) atoms. The molecule has 0 bridgehead atoms. The number of hydrogen-bond donors (Lipinski definition) is 1. The number of fused-ring (bicyclic) bond motifs is 1. The number of benzene rings is 2. The summed E-state index contributed by atoms with van der Waals surface area (Å²) in [5, 5.41) is 3.33. The van der Waals surface area contributed by atoms with Crippen LogP contribution in [-0.2, 0) is 16.7 Å². The monoisotopic (exact) mass is 440 g/mol. The standard InChI is InChI=1S/C22H30N2O3S.K/c1-2-3-4-5-6-10-16-21-23-22-19(14-11-15-20(22)28(25,26)27)24(21)17-18-12-8-7-9-13-18;/h7-9,11-15,21,23H,2-6,10,16-17H2,1H3,(H,25,26,27);/q;+1/p-1. The van der Waals surface area contributed by atoms with Gasteiger partial charge in [-0.15, -0.1) is 0 Å². The quantitative estimate of drug-likeness (QED) is 0.348. The van der Waals surface area contributed by atoms with Crippen molar-refractivity contribution in [2.45, 2.75) is 69.5 Å². The summed E-state index contributed by atoms with van der Waals surface area (Å²) < 4.78 is 35.1. The van der Waals surface area contributed by atoms with E-state index in [-0.39, 0.29) is 62.4 Å². The summed E-state index contributed by atoms with van der Waals surface area (Å²) in [7, 11) is -4.52. The molecule has 0 saturated carbocycles. The van der Waals surface area contributed by atoms with Gasteiger partial charge in [0, 0.05) is 6.54 Å². The number of para-hydroxylation sites is 1. The molecule has 1 unspecified atom stereocenters. The van der Waals surface area contributed by atoms with E-state index in [1.165, 1.54) is 38.2 Å². The van der Waals surface area contributed by atoms with Crippen LogP contribution in [0.1, 0.15) is 57.4 Å². The minimum Gasteiger partial charge on any atom is -0.744 e. The molecule has 2 aromatic rings. The second-order valence-corrected chi connectivity index (χ2v) is 8.78. The van der Waals surface area contributed by atoms with E-state index in [4.69, 9.17) is 0 Å². The van der Waals surface area contributed by atoms with Gasteiger partial charge in [0.25, 0.3) is 0 Å². The van der Waals surface area contributed by atoms with Crippen LogP contribution in [0.2, 0.25) is 0 Å². The fraction of sp³-hybridized carbons (Fsp3) is 0.455. The second-order valence-electron chi connectivity index (χ2n) is 7.43. The maximum atomic E-state index is 11.7. The third-order valence-electron chi connectivity index (χ3n) is 5.30. The molecule has 5 nitrogen and oxygen atoms in total. The molecule has 1 N–H and O–H groups in total. The van der Waals surface area contributed by atoms with Gasteiger partial charge in [-0.3, -0.25) is 0 Å². The summed E-state index contributed by atoms with van der Waals surface area (Å²) in [4.78, 5) is 2.03. The van der Waals surface area contributed by atoms with Crippen LogP contribution >= 0.6 is 0 Å². The van der Waals surface area contributed by atoms with Crippen LogP contribution in [-0.4, -0.2) is 19.1 Å². The van der Waals surface area contributed by atoms with Crippen molar-refractivity contribution in [2.24, 2.45) is 0 Å². The molecule has 0 aliphatic carbocycles. The van der Waals surface area contributed by atoms with E-state index in [1.807, 2.05) is 24.3 Å². The molecule has 0 amide bonds. The van der Waals surface area contributed by atoms with Crippen molar-refractivity contribution >= 4 is 21.5 Å². The Kier molecular flexibility index (Phi) is 10.1. The maximum Gasteiger partial charge on any atom is 1.00 e. The number of unbranched alkanes of at least 4 members (excludes halogenated alkanes) is 5. The number of rotatable bonds is 10. The van der Waals surface area contributed by atoms with Gasteiger partial charge in [-0.1, -0.05) is 75.4 Å². The van der Waals surface area contributed by atoms with Gasteiger partial charge < -0.3 is 14.8 Å². The van der Waals surface area contributed by atoms with Crippen LogP contribution in [0.3, 0.4) is 0 Å². The Morgan fingerprint density at radius 1 is 0.966 bits per heavy atom. The number of anilines is 2. The van der Waals surface area contributed by atoms with E-state index in [9.17, 15) is 13.0 Å². The summed E-state index contributed by atoms with van der Waals surface area (Å²) >= 11 is 0. The fourth-order valence-electron chi connectivity index (χ4n) is 3.85. The van der Waals surface area contributed by atoms with Crippen molar-refractivity contribution in [3.05, 3.63) is 54.1 Å². The SMILES string of the molecule is CCCCCCCCC1Nc2c(cccc2S(=O)(=O)[O-])N1Cc1ccccc1.[K+]. The smallest absolute Gasteiger partial charge is 0.744 e. The third kappa shape index (κ3) is 6.79. The predicted octanol–water partition coefficient (Wildman–Crippen LogP) is 2.10. The molecular weight excluding hydrogens is 411 g/mol. The molecule has 152 valence electrons. The first-order chi connectivity index (χ1) is 13.5. The molecular formula is C22H29KN2O3S. The molecule has 0 radical (unpaired) electrons. The maximum absolute atomic E-state index is 11.7. The average Bonchev–Trinajstić information content (AvgIpc) is 3.02. The van der Waals surface area contributed by atoms with Crippen LogP contribution in [0.5, 0.6) is 0 Å². The Morgan fingerprint density at radius 2 is 1.66 bits per heavy atom. The molecule has 0 fully saturated rings. The molecule has 1 aliphatic heterocycles. The van der Waals surface area contributed by atoms with E-state index in [2.05, 4.69) is 29.3 Å². The van der Waals surface area contributed by atoms with E-state index >= 15 is 0 Å². The van der Waals surface area contributed by atoms with Crippen LogP contribution in [0, 0.1) is 0 Å². The largest absolute Gasteiger partial charge is 1.00 e. The Morgan fingerprint density at radius 3 is 2.34 bits per heavy atom. The summed E-state index contributed by atoms with van der Waals surface area (Å²) in [5.41, 5.74) is 2.39. The van der Waals surface area contributed by atoms with Gasteiger partial charge in [-0.2, -0.15) is 0 Å². The third-order valence-corrected chi connectivity index (χ3v) is 6.18. The van der Waals surface area contributed by atoms with Gasteiger partial charge in [-0.05, 0) is 30.5 Å². The molecule has 3 rings (SSSR count). The number of hydrogen-bond acceptors (Lipinski definition) is 5. The van der Waals surface area contributed by atoms with Crippen molar-refractivity contribution in [2.75, 3.05) is 10.2 Å². The molecule has 2 aromatic carbocycles. The van der Waals surface area contributed by atoms with E-state index in [1.54, 1.807) is 6.07 Å². The first-order valence-corrected chi connectivity index (χ1v) is 11.6. The van der Waals surface area contributed by atoms with Gasteiger partial charge in [0.05, 0.1) is 22.4 Å². The van der Waals surface area contributed by atoms with Crippen LogP contribution in [0.25, 0.3) is 0 Å². The average molecular weight is 441 g/mol. The Bertz CT molecular complexity index is 875. The molecule has 0 aromatic heterocycles. The van der Waals surface area contributed by atoms with E-state index < -0.39 is 10.1 Å². The minimum absolute atomic E-state index is 0. The number of nitrogens with zero attached hydrogens (tertiary/aromatic N) is 1. The topological polar surface area (TPSA) is 72.5 Å². The summed E-state index contributed by atoms with van der Waals surface area (Å²) in [6, 6.07) is 15.0. The molecule has 7 heteroatoms. The molecule has 0 spiro atoms. The van der Waals surface area contributed by atoms with E-state index in [0.717, 1.165) is 24.1 Å². The van der Waals surface area contributed by atoms with Gasteiger partial charge in [-0.25, -0.2) is 8.42 Å². The van der Waals surface area contributed by atoms with Crippen molar-refractivity contribution in [1.29, 1.82) is 0 Å². The van der Waals surface area contributed by atoms with Gasteiger partial charge in [0.15, 0.2) is 0 Å². The summed E-state index contributed by atoms with van der Waals surface area (Å²) in [6.45, 7) is 2.88. The molecule has 0 saturated heterocycles. The Balaban J connectivity index is 0.00000300. The normalized spacial score (nSPS) is 15.5. The van der Waals surface area contributed by atoms with Gasteiger partial charge in [0.1, 0.15) is 10.1 Å². The first kappa shape index (κ1) is 24.9. The zero-order valence-corrected chi connectivity index (χ0v) is 21.4. The number of nitrogens with one attached hydrogen (secondary N) is 1. The molecule has 1 aliphatic rings. The van der Waals surface area contributed by atoms with Crippen molar-refractivity contribution in [3.63, 3.8) is 0 Å². The first-order valence-electron chi connectivity index (χ1n) is 10.2. The zero-order chi connectivity index (χ0) is 20.0. The van der Waals surface area contributed by atoms with Crippen LogP contribution < -0.4 is 61.6 Å². The molecule has 1 heterocycles. The van der Waals surface area contributed by atoms with Gasteiger partial charge in [0.2, 0.25) is 0 Å². The molecule has 1 atom stereocenters. The minimum atomic E-state index is -4.52. The summed E-state index contributed by atoms with van der Waals surface area (Å²) in [5.74, 6) is 0. The Labute approximate surface area is 217 Å².